The van der Waals surface area contributed by atoms with Crippen molar-refractivity contribution in [1.29, 1.82) is 0 Å². The van der Waals surface area contributed by atoms with Crippen molar-refractivity contribution >= 4 is 15.9 Å². The first kappa shape index (κ1) is 11.9. The van der Waals surface area contributed by atoms with Crippen molar-refractivity contribution in [1.82, 2.24) is 0 Å². The molecule has 0 amide bonds. The molecule has 1 aliphatic rings. The van der Waals surface area contributed by atoms with Crippen LogP contribution in [0.4, 0.5) is 0 Å². The number of rotatable bonds is 0. The van der Waals surface area contributed by atoms with Gasteiger partial charge in [-0.3, -0.25) is 0 Å². The molecule has 2 heteroatoms. The molecule has 1 unspecified atom stereocenters. The average molecular weight is 303 g/mol. The zero-order valence-corrected chi connectivity index (χ0v) is 12.0. The molecule has 2 aromatic rings. The highest BCUT2D eigenvalue weighted by molar-refractivity contribution is 9.10. The Kier molecular flexibility index (Phi) is 2.61. The first-order valence-corrected chi connectivity index (χ1v) is 6.89. The molecule has 92 valence electrons. The molecule has 0 heterocycles. The maximum atomic E-state index is 10.6. The summed E-state index contributed by atoms with van der Waals surface area (Å²) in [6.07, 6.45) is -0.542. The van der Waals surface area contributed by atoms with E-state index in [-0.39, 0.29) is 5.41 Å². The Morgan fingerprint density at radius 1 is 1.00 bits per heavy atom. The Hall–Kier alpha value is -1.12. The molecule has 0 aromatic heterocycles. The maximum absolute atomic E-state index is 10.6. The number of benzene rings is 2. The van der Waals surface area contributed by atoms with Crippen LogP contribution in [-0.2, 0) is 5.41 Å². The molecule has 1 N–H and O–H groups in total. The fraction of sp³-hybridized carbons (Fsp3) is 0.250. The summed E-state index contributed by atoms with van der Waals surface area (Å²) >= 11 is 3.57. The number of aliphatic hydroxyl groups excluding tert-OH is 1. The van der Waals surface area contributed by atoms with E-state index in [0.29, 0.717) is 0 Å². The van der Waals surface area contributed by atoms with Crippen LogP contribution in [0, 0.1) is 0 Å². The summed E-state index contributed by atoms with van der Waals surface area (Å²) in [4.78, 5) is 0. The van der Waals surface area contributed by atoms with Gasteiger partial charge in [-0.2, -0.15) is 0 Å². The van der Waals surface area contributed by atoms with Crippen molar-refractivity contribution in [3.05, 3.63) is 69.2 Å². The van der Waals surface area contributed by atoms with E-state index in [2.05, 4.69) is 41.9 Å². The second-order valence-corrected chi connectivity index (χ2v) is 6.17. The molecule has 1 nitrogen and oxygen atoms in total. The molecule has 0 saturated carbocycles. The van der Waals surface area contributed by atoms with Gasteiger partial charge in [-0.05, 0) is 22.8 Å². The normalized spacial score (nSPS) is 20.1. The topological polar surface area (TPSA) is 20.2 Å². The largest absolute Gasteiger partial charge is 0.384 e. The minimum Gasteiger partial charge on any atom is -0.384 e. The van der Waals surface area contributed by atoms with Gasteiger partial charge in [0.15, 0.2) is 0 Å². The third-order valence-electron chi connectivity index (χ3n) is 3.93. The van der Waals surface area contributed by atoms with E-state index >= 15 is 0 Å². The van der Waals surface area contributed by atoms with Crippen LogP contribution in [0.3, 0.4) is 0 Å². The van der Waals surface area contributed by atoms with Crippen LogP contribution in [0.15, 0.2) is 46.9 Å². The van der Waals surface area contributed by atoms with E-state index in [0.717, 1.165) is 15.6 Å². The molecule has 0 radical (unpaired) electrons. The SMILES string of the molecule is CC1(C)c2ccccc2C(O)c2c(Br)cccc21. The molecule has 0 aliphatic heterocycles. The van der Waals surface area contributed by atoms with Gasteiger partial charge < -0.3 is 5.11 Å². The summed E-state index contributed by atoms with van der Waals surface area (Å²) < 4.78 is 0.982. The molecular formula is C16H15BrO. The Balaban J connectivity index is 2.37. The van der Waals surface area contributed by atoms with Gasteiger partial charge in [-0.25, -0.2) is 0 Å². The number of hydrogen-bond acceptors (Lipinski definition) is 1. The third kappa shape index (κ3) is 1.49. The summed E-state index contributed by atoms with van der Waals surface area (Å²) in [5, 5.41) is 10.6. The number of fused-ring (bicyclic) bond motifs is 2. The highest BCUT2D eigenvalue weighted by Crippen LogP contribution is 2.47. The van der Waals surface area contributed by atoms with Crippen molar-refractivity contribution in [2.75, 3.05) is 0 Å². The molecule has 3 rings (SSSR count). The summed E-state index contributed by atoms with van der Waals surface area (Å²) in [7, 11) is 0. The lowest BCUT2D eigenvalue weighted by Gasteiger charge is -2.38. The minimum absolute atomic E-state index is 0.0745. The van der Waals surface area contributed by atoms with E-state index in [1.165, 1.54) is 11.1 Å². The molecule has 2 aromatic carbocycles. The number of aliphatic hydroxyl groups is 1. The van der Waals surface area contributed by atoms with Crippen molar-refractivity contribution < 1.29 is 5.11 Å². The van der Waals surface area contributed by atoms with Gasteiger partial charge >= 0.3 is 0 Å². The van der Waals surface area contributed by atoms with Crippen molar-refractivity contribution in [3.8, 4) is 0 Å². The van der Waals surface area contributed by atoms with E-state index in [1.807, 2.05) is 30.3 Å². The summed E-state index contributed by atoms with van der Waals surface area (Å²) in [5.41, 5.74) is 4.35. The van der Waals surface area contributed by atoms with Crippen LogP contribution in [-0.4, -0.2) is 5.11 Å². The quantitative estimate of drug-likeness (QED) is 0.774. The predicted octanol–water partition coefficient (Wildman–Crippen LogP) is 4.17. The fourth-order valence-electron chi connectivity index (χ4n) is 2.97. The lowest BCUT2D eigenvalue weighted by molar-refractivity contribution is 0.209. The Morgan fingerprint density at radius 2 is 1.67 bits per heavy atom. The smallest absolute Gasteiger partial charge is 0.106 e. The summed E-state index contributed by atoms with van der Waals surface area (Å²) in [6, 6.07) is 14.3. The Labute approximate surface area is 116 Å². The summed E-state index contributed by atoms with van der Waals surface area (Å²) in [5.74, 6) is 0. The van der Waals surface area contributed by atoms with E-state index < -0.39 is 6.10 Å². The minimum atomic E-state index is -0.542. The van der Waals surface area contributed by atoms with E-state index in [9.17, 15) is 5.11 Å². The van der Waals surface area contributed by atoms with E-state index in [4.69, 9.17) is 0 Å². The van der Waals surface area contributed by atoms with Crippen LogP contribution < -0.4 is 0 Å². The van der Waals surface area contributed by atoms with Gasteiger partial charge in [-0.15, -0.1) is 0 Å². The van der Waals surface area contributed by atoms with Gasteiger partial charge in [0.25, 0.3) is 0 Å². The van der Waals surface area contributed by atoms with Crippen LogP contribution in [0.1, 0.15) is 42.2 Å². The monoisotopic (exact) mass is 302 g/mol. The van der Waals surface area contributed by atoms with Crippen LogP contribution in [0.25, 0.3) is 0 Å². The third-order valence-corrected chi connectivity index (χ3v) is 4.62. The molecule has 1 aliphatic carbocycles. The molecule has 0 spiro atoms. The lowest BCUT2D eigenvalue weighted by atomic mass is 9.68. The molecule has 0 saturated heterocycles. The molecule has 0 bridgehead atoms. The van der Waals surface area contributed by atoms with Gasteiger partial charge in [-0.1, -0.05) is 66.2 Å². The number of hydrogen-bond donors (Lipinski definition) is 1. The van der Waals surface area contributed by atoms with E-state index in [1.54, 1.807) is 0 Å². The standard InChI is InChI=1S/C16H15BrO/c1-16(2)11-7-4-3-6-10(11)15(18)14-12(16)8-5-9-13(14)17/h3-9,15,18H,1-2H3. The fourth-order valence-corrected chi connectivity index (χ4v) is 3.55. The Morgan fingerprint density at radius 3 is 2.44 bits per heavy atom. The molecule has 0 fully saturated rings. The van der Waals surface area contributed by atoms with Gasteiger partial charge in [0.2, 0.25) is 0 Å². The van der Waals surface area contributed by atoms with Crippen molar-refractivity contribution in [2.24, 2.45) is 0 Å². The zero-order chi connectivity index (χ0) is 12.9. The van der Waals surface area contributed by atoms with Crippen molar-refractivity contribution in [3.63, 3.8) is 0 Å². The molecule has 1 atom stereocenters. The second-order valence-electron chi connectivity index (χ2n) is 5.32. The summed E-state index contributed by atoms with van der Waals surface area (Å²) in [6.45, 7) is 4.42. The van der Waals surface area contributed by atoms with Crippen LogP contribution in [0.2, 0.25) is 0 Å². The lowest BCUT2D eigenvalue weighted by Crippen LogP contribution is -2.29. The second kappa shape index (κ2) is 3.94. The highest BCUT2D eigenvalue weighted by Gasteiger charge is 2.37. The molecular weight excluding hydrogens is 288 g/mol. The van der Waals surface area contributed by atoms with Crippen LogP contribution in [0.5, 0.6) is 0 Å². The Bertz CT molecular complexity index is 616. The first-order chi connectivity index (χ1) is 8.53. The van der Waals surface area contributed by atoms with Gasteiger partial charge in [0, 0.05) is 15.5 Å². The predicted molar refractivity (Wildman–Crippen MR) is 76.8 cm³/mol. The van der Waals surface area contributed by atoms with Gasteiger partial charge in [0.1, 0.15) is 6.10 Å². The molecule has 18 heavy (non-hydrogen) atoms. The van der Waals surface area contributed by atoms with Gasteiger partial charge in [0.05, 0.1) is 0 Å². The highest BCUT2D eigenvalue weighted by atomic mass is 79.9. The first-order valence-electron chi connectivity index (χ1n) is 6.10. The van der Waals surface area contributed by atoms with Crippen molar-refractivity contribution in [2.45, 2.75) is 25.4 Å². The zero-order valence-electron chi connectivity index (χ0n) is 10.4. The maximum Gasteiger partial charge on any atom is 0.106 e. The average Bonchev–Trinajstić information content (AvgIpc) is 2.36. The van der Waals surface area contributed by atoms with Crippen LogP contribution >= 0.6 is 15.9 Å². The number of halogens is 1.